The Hall–Kier alpha value is -2.18. The highest BCUT2D eigenvalue weighted by atomic mass is 32.2. The fourth-order valence-electron chi connectivity index (χ4n) is 2.57. The van der Waals surface area contributed by atoms with Crippen molar-refractivity contribution in [1.82, 2.24) is 9.97 Å². The number of aromatic amines is 1. The number of methoxy groups -OCH3 is 2. The van der Waals surface area contributed by atoms with Crippen LogP contribution in [0.25, 0.3) is 11.0 Å². The number of thioether (sulfide) groups is 1. The van der Waals surface area contributed by atoms with Crippen LogP contribution >= 0.6 is 11.8 Å². The van der Waals surface area contributed by atoms with Crippen LogP contribution in [-0.2, 0) is 12.2 Å². The van der Waals surface area contributed by atoms with E-state index in [1.165, 1.54) is 5.56 Å². The molecular weight excluding hydrogens is 322 g/mol. The number of nitrogens with zero attached hydrogens (tertiary/aromatic N) is 1. The van der Waals surface area contributed by atoms with Crippen LogP contribution in [0.4, 0.5) is 0 Å². The molecule has 0 unspecified atom stereocenters. The van der Waals surface area contributed by atoms with E-state index in [0.717, 1.165) is 45.4 Å². The molecule has 0 aliphatic heterocycles. The maximum atomic E-state index is 5.65. The summed E-state index contributed by atoms with van der Waals surface area (Å²) in [6.07, 6.45) is 0.867. The summed E-state index contributed by atoms with van der Waals surface area (Å²) in [5, 5.41) is 0.879. The van der Waals surface area contributed by atoms with Gasteiger partial charge in [-0.05, 0) is 36.7 Å². The summed E-state index contributed by atoms with van der Waals surface area (Å²) in [7, 11) is 3.35. The number of aromatic nitrogens is 2. The molecule has 0 amide bonds. The van der Waals surface area contributed by atoms with Crippen molar-refractivity contribution in [3.63, 3.8) is 0 Å². The number of nitrogens with two attached hydrogens (primary N) is 1. The Morgan fingerprint density at radius 1 is 1.12 bits per heavy atom. The maximum Gasteiger partial charge on any atom is 0.166 e. The van der Waals surface area contributed by atoms with E-state index in [9.17, 15) is 0 Å². The second-order valence-electron chi connectivity index (χ2n) is 5.40. The largest absolute Gasteiger partial charge is 0.497 e. The molecule has 1 heterocycles. The van der Waals surface area contributed by atoms with Crippen LogP contribution in [0.15, 0.2) is 41.6 Å². The molecule has 3 N–H and O–H groups in total. The molecule has 2 aromatic carbocycles. The zero-order valence-electron chi connectivity index (χ0n) is 13.8. The molecule has 3 rings (SSSR count). The SMILES string of the molecule is COc1ccc2nc(SCc3cc(CCN)ccc3OC)[nH]c2c1. The van der Waals surface area contributed by atoms with E-state index in [1.54, 1.807) is 26.0 Å². The fraction of sp³-hybridized carbons (Fsp3) is 0.278. The molecule has 0 radical (unpaired) electrons. The quantitative estimate of drug-likeness (QED) is 0.644. The molecule has 1 aromatic heterocycles. The van der Waals surface area contributed by atoms with Crippen molar-refractivity contribution in [1.29, 1.82) is 0 Å². The highest BCUT2D eigenvalue weighted by Gasteiger charge is 2.09. The van der Waals surface area contributed by atoms with Crippen molar-refractivity contribution < 1.29 is 9.47 Å². The number of benzene rings is 2. The van der Waals surface area contributed by atoms with E-state index in [0.29, 0.717) is 6.54 Å². The molecule has 0 aliphatic rings. The highest BCUT2D eigenvalue weighted by Crippen LogP contribution is 2.29. The first-order valence-corrected chi connectivity index (χ1v) is 8.74. The molecule has 5 nitrogen and oxygen atoms in total. The van der Waals surface area contributed by atoms with E-state index in [2.05, 4.69) is 22.1 Å². The summed E-state index contributed by atoms with van der Waals surface area (Å²) in [5.41, 5.74) is 9.93. The Morgan fingerprint density at radius 3 is 2.75 bits per heavy atom. The molecule has 0 spiro atoms. The topological polar surface area (TPSA) is 73.2 Å². The average molecular weight is 343 g/mol. The first-order chi connectivity index (χ1) is 11.7. The number of nitrogens with one attached hydrogen (secondary N) is 1. The predicted molar refractivity (Wildman–Crippen MR) is 98.0 cm³/mol. The summed E-state index contributed by atoms with van der Waals surface area (Å²) in [6, 6.07) is 12.0. The van der Waals surface area contributed by atoms with Crippen LogP contribution in [0.5, 0.6) is 11.5 Å². The van der Waals surface area contributed by atoms with Crippen LogP contribution < -0.4 is 15.2 Å². The lowest BCUT2D eigenvalue weighted by Gasteiger charge is -2.09. The lowest BCUT2D eigenvalue weighted by molar-refractivity contribution is 0.411. The summed E-state index contributed by atoms with van der Waals surface area (Å²) in [6.45, 7) is 0.643. The van der Waals surface area contributed by atoms with Gasteiger partial charge in [-0.2, -0.15) is 0 Å². The smallest absolute Gasteiger partial charge is 0.166 e. The van der Waals surface area contributed by atoms with Crippen molar-refractivity contribution in [3.8, 4) is 11.5 Å². The van der Waals surface area contributed by atoms with E-state index >= 15 is 0 Å². The molecule has 24 heavy (non-hydrogen) atoms. The second kappa shape index (κ2) is 7.59. The third kappa shape index (κ3) is 3.66. The molecule has 0 saturated heterocycles. The summed E-state index contributed by atoms with van der Waals surface area (Å²) in [5.74, 6) is 2.48. The number of hydrogen-bond acceptors (Lipinski definition) is 5. The van der Waals surface area contributed by atoms with Gasteiger partial charge in [-0.25, -0.2) is 4.98 Å². The minimum absolute atomic E-state index is 0.643. The molecular formula is C18H21N3O2S. The molecule has 0 fully saturated rings. The van der Waals surface area contributed by atoms with E-state index in [-0.39, 0.29) is 0 Å². The number of H-pyrrole nitrogens is 1. The predicted octanol–water partition coefficient (Wildman–Crippen LogP) is 3.37. The number of rotatable bonds is 7. The van der Waals surface area contributed by atoms with Gasteiger partial charge in [0.05, 0.1) is 25.3 Å². The number of ether oxygens (including phenoxy) is 2. The second-order valence-corrected chi connectivity index (χ2v) is 6.36. The van der Waals surface area contributed by atoms with Gasteiger partial charge in [0.1, 0.15) is 11.5 Å². The van der Waals surface area contributed by atoms with Crippen LogP contribution in [0, 0.1) is 0 Å². The van der Waals surface area contributed by atoms with Crippen molar-refractivity contribution in [3.05, 3.63) is 47.5 Å². The third-order valence-electron chi connectivity index (χ3n) is 3.81. The van der Waals surface area contributed by atoms with Gasteiger partial charge in [0.2, 0.25) is 0 Å². The maximum absolute atomic E-state index is 5.65. The highest BCUT2D eigenvalue weighted by molar-refractivity contribution is 7.98. The van der Waals surface area contributed by atoms with Gasteiger partial charge in [-0.1, -0.05) is 23.9 Å². The molecule has 0 saturated carbocycles. The minimum Gasteiger partial charge on any atom is -0.497 e. The Bertz CT molecular complexity index is 832. The number of imidazole rings is 1. The Balaban J connectivity index is 1.78. The fourth-order valence-corrected chi connectivity index (χ4v) is 3.44. The van der Waals surface area contributed by atoms with Gasteiger partial charge in [0.15, 0.2) is 5.16 Å². The Morgan fingerprint density at radius 2 is 2.00 bits per heavy atom. The van der Waals surface area contributed by atoms with Crippen LogP contribution in [0.2, 0.25) is 0 Å². The average Bonchev–Trinajstić information content (AvgIpc) is 3.02. The zero-order chi connectivity index (χ0) is 16.9. The van der Waals surface area contributed by atoms with Crippen molar-refractivity contribution in [2.24, 2.45) is 5.73 Å². The van der Waals surface area contributed by atoms with E-state index in [1.807, 2.05) is 24.3 Å². The van der Waals surface area contributed by atoms with Crippen molar-refractivity contribution >= 4 is 22.8 Å². The van der Waals surface area contributed by atoms with Gasteiger partial charge in [0.25, 0.3) is 0 Å². The van der Waals surface area contributed by atoms with Gasteiger partial charge in [-0.3, -0.25) is 0 Å². The van der Waals surface area contributed by atoms with Crippen molar-refractivity contribution in [2.45, 2.75) is 17.3 Å². The Kier molecular flexibility index (Phi) is 5.27. The summed E-state index contributed by atoms with van der Waals surface area (Å²) < 4.78 is 10.7. The lowest BCUT2D eigenvalue weighted by atomic mass is 10.1. The van der Waals surface area contributed by atoms with E-state index in [4.69, 9.17) is 15.2 Å². The number of fused-ring (bicyclic) bond motifs is 1. The molecule has 0 aliphatic carbocycles. The van der Waals surface area contributed by atoms with Gasteiger partial charge >= 0.3 is 0 Å². The van der Waals surface area contributed by atoms with Crippen LogP contribution in [0.3, 0.4) is 0 Å². The van der Waals surface area contributed by atoms with Gasteiger partial charge in [-0.15, -0.1) is 0 Å². The molecule has 6 heteroatoms. The van der Waals surface area contributed by atoms with Crippen LogP contribution in [0.1, 0.15) is 11.1 Å². The minimum atomic E-state index is 0.643. The zero-order valence-corrected chi connectivity index (χ0v) is 14.7. The molecule has 0 atom stereocenters. The monoisotopic (exact) mass is 343 g/mol. The van der Waals surface area contributed by atoms with Gasteiger partial charge < -0.3 is 20.2 Å². The summed E-state index contributed by atoms with van der Waals surface area (Å²) in [4.78, 5) is 7.94. The molecule has 0 bridgehead atoms. The standard InChI is InChI=1S/C18H21N3O2S/c1-22-14-4-5-15-16(10-14)21-18(20-15)24-11-13-9-12(7-8-19)3-6-17(13)23-2/h3-6,9-10H,7-8,11,19H2,1-2H3,(H,20,21). The van der Waals surface area contributed by atoms with Gasteiger partial charge in [0, 0.05) is 17.4 Å². The normalized spacial score (nSPS) is 11.0. The van der Waals surface area contributed by atoms with Crippen LogP contribution in [-0.4, -0.2) is 30.7 Å². The summed E-state index contributed by atoms with van der Waals surface area (Å²) >= 11 is 1.65. The van der Waals surface area contributed by atoms with E-state index < -0.39 is 0 Å². The first-order valence-electron chi connectivity index (χ1n) is 7.76. The number of hydrogen-bond donors (Lipinski definition) is 2. The first kappa shape index (κ1) is 16.7. The lowest BCUT2D eigenvalue weighted by Crippen LogP contribution is -2.03. The van der Waals surface area contributed by atoms with Crippen molar-refractivity contribution in [2.75, 3.05) is 20.8 Å². The third-order valence-corrected chi connectivity index (χ3v) is 4.73. The molecule has 126 valence electrons. The Labute approximate surface area is 145 Å². The molecule has 3 aromatic rings.